The van der Waals surface area contributed by atoms with E-state index in [1.54, 1.807) is 6.92 Å². The molecule has 0 spiro atoms. The molecule has 0 atom stereocenters. The second-order valence-electron chi connectivity index (χ2n) is 3.26. The highest BCUT2D eigenvalue weighted by Gasteiger charge is 2.04. The molecule has 17 heavy (non-hydrogen) atoms. The average molecular weight is 276 g/mol. The Kier molecular flexibility index (Phi) is 6.30. The quantitative estimate of drug-likeness (QED) is 0.565. The number of hydrogen-bond donors (Lipinski definition) is 0. The van der Waals surface area contributed by atoms with Gasteiger partial charge in [0.1, 0.15) is 0 Å². The van der Waals surface area contributed by atoms with E-state index >= 15 is 0 Å². The molecule has 0 aromatic rings. The van der Waals surface area contributed by atoms with Crippen LogP contribution >= 0.6 is 0 Å². The molecule has 0 aliphatic heterocycles. The lowest BCUT2D eigenvalue weighted by Gasteiger charge is -1.95. The summed E-state index contributed by atoms with van der Waals surface area (Å²) in [4.78, 5) is 0. The summed E-state index contributed by atoms with van der Waals surface area (Å²) in [5.41, 5.74) is 0. The van der Waals surface area contributed by atoms with Gasteiger partial charge in [0.25, 0.3) is 0 Å². The Bertz CT molecular complexity index is 510. The monoisotopic (exact) mass is 276 g/mol. The van der Waals surface area contributed by atoms with E-state index in [4.69, 9.17) is 0 Å². The maximum Gasteiger partial charge on any atom is 0.216 e. The molecular weight excluding hydrogens is 260 g/mol. The second kappa shape index (κ2) is 6.68. The summed E-state index contributed by atoms with van der Waals surface area (Å²) < 4.78 is 44.5. The molecule has 0 amide bonds. The van der Waals surface area contributed by atoms with Gasteiger partial charge in [-0.25, -0.2) is 16.8 Å². The van der Waals surface area contributed by atoms with Gasteiger partial charge < -0.3 is 0 Å². The minimum atomic E-state index is -3.36. The van der Waals surface area contributed by atoms with E-state index in [-0.39, 0.29) is 11.5 Å². The Morgan fingerprint density at radius 2 is 1.18 bits per heavy atom. The van der Waals surface area contributed by atoms with E-state index in [9.17, 15) is 16.8 Å². The number of sulfone groups is 2. The minimum absolute atomic E-state index is 0.0584. The molecule has 0 aliphatic rings. The molecule has 0 unspecified atom stereocenters. The first kappa shape index (κ1) is 16.0. The van der Waals surface area contributed by atoms with Gasteiger partial charge in [-0.2, -0.15) is 0 Å². The van der Waals surface area contributed by atoms with Gasteiger partial charge in [-0.15, -0.1) is 0 Å². The smallest absolute Gasteiger partial charge is 0.215 e. The lowest BCUT2D eigenvalue weighted by Crippen LogP contribution is -2.01. The summed E-state index contributed by atoms with van der Waals surface area (Å²) in [7, 11) is -6.72. The van der Waals surface area contributed by atoms with Crippen LogP contribution in [0.25, 0.3) is 0 Å². The number of hydrogen-bond acceptors (Lipinski definition) is 4. The highest BCUT2D eigenvalue weighted by molar-refractivity contribution is 7.96. The van der Waals surface area contributed by atoms with Crippen LogP contribution in [-0.2, 0) is 19.7 Å². The van der Waals surface area contributed by atoms with Crippen molar-refractivity contribution in [2.24, 2.45) is 5.92 Å². The molecule has 0 fully saturated rings. The molecule has 0 bridgehead atoms. The molecule has 4 nitrogen and oxygen atoms in total. The van der Waals surface area contributed by atoms with E-state index in [1.807, 2.05) is 0 Å². The van der Waals surface area contributed by atoms with E-state index < -0.39 is 25.6 Å². The summed E-state index contributed by atoms with van der Waals surface area (Å²) in [6, 6.07) is 0. The summed E-state index contributed by atoms with van der Waals surface area (Å²) in [6.45, 7) is 4.77. The molecule has 0 saturated heterocycles. The molecule has 6 heteroatoms. The summed E-state index contributed by atoms with van der Waals surface area (Å²) in [5, 5.41) is 4.28. The normalized spacial score (nSPS) is 11.3. The lowest BCUT2D eigenvalue weighted by atomic mass is 10.1. The fourth-order valence-electron chi connectivity index (χ4n) is 0.706. The van der Waals surface area contributed by atoms with Crippen molar-refractivity contribution >= 4 is 19.7 Å². The van der Waals surface area contributed by atoms with Crippen molar-refractivity contribution in [3.05, 3.63) is 0 Å². The number of rotatable bonds is 3. The Morgan fingerprint density at radius 1 is 0.824 bits per heavy atom. The minimum Gasteiger partial charge on any atom is -0.215 e. The third-order valence-corrected chi connectivity index (χ3v) is 4.32. The molecule has 0 radical (unpaired) electrons. The zero-order valence-electron chi connectivity index (χ0n) is 10.1. The highest BCUT2D eigenvalue weighted by Crippen LogP contribution is 2.00. The first-order valence-corrected chi connectivity index (χ1v) is 8.56. The van der Waals surface area contributed by atoms with Crippen molar-refractivity contribution in [3.63, 3.8) is 0 Å². The van der Waals surface area contributed by atoms with Gasteiger partial charge in [-0.05, 0) is 6.42 Å². The van der Waals surface area contributed by atoms with Crippen molar-refractivity contribution in [1.82, 2.24) is 0 Å². The largest absolute Gasteiger partial charge is 0.216 e. The van der Waals surface area contributed by atoms with Crippen molar-refractivity contribution in [3.8, 4) is 22.3 Å². The van der Waals surface area contributed by atoms with E-state index in [2.05, 4.69) is 22.3 Å². The topological polar surface area (TPSA) is 68.3 Å². The maximum atomic E-state index is 11.1. The van der Waals surface area contributed by atoms with E-state index in [0.29, 0.717) is 6.42 Å². The molecule has 0 N–H and O–H groups in total. The third-order valence-electron chi connectivity index (χ3n) is 1.95. The fraction of sp³-hybridized carbons (Fsp3) is 0.636. The first-order chi connectivity index (χ1) is 7.76. The Hall–Kier alpha value is -0.980. The van der Waals surface area contributed by atoms with Crippen LogP contribution < -0.4 is 0 Å². The first-order valence-electron chi connectivity index (χ1n) is 5.26. The Labute approximate surface area is 104 Å². The Balaban J connectivity index is 5.04. The van der Waals surface area contributed by atoms with E-state index in [0.717, 1.165) is 0 Å². The molecule has 0 rings (SSSR count). The summed E-state index contributed by atoms with van der Waals surface area (Å²) >= 11 is 0. The third kappa shape index (κ3) is 7.04. The summed E-state index contributed by atoms with van der Waals surface area (Å²) in [5.74, 6) is 4.32. The van der Waals surface area contributed by atoms with Gasteiger partial charge in [0, 0.05) is 10.5 Å². The van der Waals surface area contributed by atoms with E-state index in [1.165, 1.54) is 13.8 Å². The van der Waals surface area contributed by atoms with Crippen LogP contribution in [0.2, 0.25) is 0 Å². The zero-order valence-corrected chi connectivity index (χ0v) is 11.8. The van der Waals surface area contributed by atoms with Crippen molar-refractivity contribution in [2.45, 2.75) is 27.2 Å². The van der Waals surface area contributed by atoms with Gasteiger partial charge >= 0.3 is 0 Å². The molecule has 0 saturated carbocycles. The maximum absolute atomic E-state index is 11.1. The average Bonchev–Trinajstić information content (AvgIpc) is 2.29. The second-order valence-corrected chi connectivity index (χ2v) is 7.28. The molecule has 0 heterocycles. The van der Waals surface area contributed by atoms with Crippen LogP contribution in [0.3, 0.4) is 0 Å². The van der Waals surface area contributed by atoms with Crippen molar-refractivity contribution in [1.29, 1.82) is 0 Å². The van der Waals surface area contributed by atoms with Crippen molar-refractivity contribution in [2.75, 3.05) is 11.5 Å². The van der Waals surface area contributed by atoms with Gasteiger partial charge in [-0.1, -0.05) is 32.6 Å². The molecule has 96 valence electrons. The predicted molar refractivity (Wildman–Crippen MR) is 68.3 cm³/mol. The molecular formula is C11H16O4S2. The van der Waals surface area contributed by atoms with Crippen LogP contribution in [0, 0.1) is 28.3 Å². The van der Waals surface area contributed by atoms with Crippen LogP contribution in [0.5, 0.6) is 0 Å². The fourth-order valence-corrected chi connectivity index (χ4v) is 1.64. The predicted octanol–water partition coefficient (Wildman–Crippen LogP) is 0.804. The van der Waals surface area contributed by atoms with Crippen molar-refractivity contribution < 1.29 is 16.8 Å². The Morgan fingerprint density at radius 3 is 1.41 bits per heavy atom. The highest BCUT2D eigenvalue weighted by atomic mass is 32.2. The van der Waals surface area contributed by atoms with Gasteiger partial charge in [0.15, 0.2) is 0 Å². The van der Waals surface area contributed by atoms with Crippen LogP contribution in [-0.4, -0.2) is 28.3 Å². The van der Waals surface area contributed by atoms with Crippen LogP contribution in [0.1, 0.15) is 27.2 Å². The standard InChI is InChI=1S/C11H16O4S2/c1-4-11(7-9-16(12,13)5-2)8-10-17(14,15)6-3/h11H,4-6H2,1-3H3. The zero-order chi connectivity index (χ0) is 13.5. The molecule has 0 aromatic carbocycles. The molecule has 0 aliphatic carbocycles. The van der Waals surface area contributed by atoms with Crippen LogP contribution in [0.15, 0.2) is 0 Å². The van der Waals surface area contributed by atoms with Gasteiger partial charge in [0.05, 0.1) is 17.4 Å². The summed E-state index contributed by atoms with van der Waals surface area (Å²) in [6.07, 6.45) is 0.485. The van der Waals surface area contributed by atoms with Gasteiger partial charge in [0.2, 0.25) is 19.7 Å². The van der Waals surface area contributed by atoms with Crippen LogP contribution in [0.4, 0.5) is 0 Å². The lowest BCUT2D eigenvalue weighted by molar-refractivity contribution is 0.605. The van der Waals surface area contributed by atoms with Gasteiger partial charge in [-0.3, -0.25) is 0 Å². The molecule has 0 aromatic heterocycles. The SMILES string of the molecule is CCC(C#CS(=O)(=O)CC)C#CS(=O)(=O)CC.